The molecule has 3 N–H and O–H groups in total. The molecule has 1 aromatic carbocycles. The molecule has 168 valence electrons. The normalized spacial score (nSPS) is 16.1. The predicted octanol–water partition coefficient (Wildman–Crippen LogP) is 2.87. The van der Waals surface area contributed by atoms with Gasteiger partial charge in [0.05, 0.1) is 0 Å². The zero-order chi connectivity index (χ0) is 22.9. The molecular formula is C23H30N2O6. The third kappa shape index (κ3) is 5.07. The van der Waals surface area contributed by atoms with Crippen LogP contribution in [0.15, 0.2) is 21.3 Å². The molecule has 0 aliphatic carbocycles. The first-order chi connectivity index (χ1) is 14.5. The minimum Gasteiger partial charge on any atom is -0.477 e. The van der Waals surface area contributed by atoms with Gasteiger partial charge in [-0.1, -0.05) is 0 Å². The molecule has 1 unspecified atom stereocenters. The highest BCUT2D eigenvalue weighted by molar-refractivity contribution is 5.94. The van der Waals surface area contributed by atoms with Crippen molar-refractivity contribution in [2.45, 2.75) is 65.0 Å². The number of carbonyl (C=O) groups excluding carboxylic acids is 1. The van der Waals surface area contributed by atoms with Crippen molar-refractivity contribution >= 4 is 28.6 Å². The van der Waals surface area contributed by atoms with Gasteiger partial charge in [0.1, 0.15) is 22.8 Å². The number of nitrogens with two attached hydrogens (primary N) is 1. The number of fused-ring (bicyclic) bond motifs is 2. The number of carboxylic acids is 1. The number of aromatic carboxylic acids is 1. The van der Waals surface area contributed by atoms with Crippen LogP contribution in [0, 0.1) is 0 Å². The van der Waals surface area contributed by atoms with Crippen LogP contribution in [0.4, 0.5) is 5.69 Å². The van der Waals surface area contributed by atoms with Crippen molar-refractivity contribution in [1.82, 2.24) is 0 Å². The SMILES string of the molecule is CC(N)C(=O)OC(C)(C)C.O=C(O)c1cc2cc3c4c(c2oc1=O)CCCN4CCC3. The lowest BCUT2D eigenvalue weighted by Gasteiger charge is -2.37. The lowest BCUT2D eigenvalue weighted by atomic mass is 9.90. The number of ether oxygens (including phenoxy) is 1. The number of carboxylic acid groups (broad SMARTS) is 1. The van der Waals surface area contributed by atoms with Crippen molar-refractivity contribution in [1.29, 1.82) is 0 Å². The summed E-state index contributed by atoms with van der Waals surface area (Å²) in [5, 5.41) is 9.80. The zero-order valence-electron chi connectivity index (χ0n) is 18.5. The monoisotopic (exact) mass is 430 g/mol. The van der Waals surface area contributed by atoms with E-state index < -0.39 is 23.2 Å². The molecule has 8 heteroatoms. The van der Waals surface area contributed by atoms with Crippen LogP contribution in [-0.4, -0.2) is 41.8 Å². The van der Waals surface area contributed by atoms with Crippen LogP contribution in [0.2, 0.25) is 0 Å². The van der Waals surface area contributed by atoms with Crippen molar-refractivity contribution in [3.63, 3.8) is 0 Å². The van der Waals surface area contributed by atoms with Crippen LogP contribution in [0.5, 0.6) is 0 Å². The van der Waals surface area contributed by atoms with Crippen LogP contribution < -0.4 is 16.3 Å². The van der Waals surface area contributed by atoms with Gasteiger partial charge in [0, 0.05) is 29.7 Å². The summed E-state index contributed by atoms with van der Waals surface area (Å²) in [6.07, 6.45) is 4.03. The summed E-state index contributed by atoms with van der Waals surface area (Å²) in [5.41, 5.74) is 7.88. The average Bonchev–Trinajstić information content (AvgIpc) is 2.67. The molecule has 1 atom stereocenters. The molecule has 0 bridgehead atoms. The Bertz CT molecular complexity index is 1060. The smallest absolute Gasteiger partial charge is 0.351 e. The lowest BCUT2D eigenvalue weighted by molar-refractivity contribution is -0.155. The molecule has 31 heavy (non-hydrogen) atoms. The van der Waals surface area contributed by atoms with E-state index in [0.717, 1.165) is 49.7 Å². The van der Waals surface area contributed by atoms with Crippen molar-refractivity contribution in [2.24, 2.45) is 5.73 Å². The number of anilines is 1. The van der Waals surface area contributed by atoms with Crippen molar-refractivity contribution in [2.75, 3.05) is 18.0 Å². The summed E-state index contributed by atoms with van der Waals surface area (Å²) in [6.45, 7) is 9.13. The Morgan fingerprint density at radius 3 is 2.39 bits per heavy atom. The second kappa shape index (κ2) is 8.70. The first kappa shape index (κ1) is 22.8. The topological polar surface area (TPSA) is 123 Å². The minimum atomic E-state index is -1.24. The fraction of sp³-hybridized carbons (Fsp3) is 0.522. The predicted molar refractivity (Wildman–Crippen MR) is 118 cm³/mol. The second-order valence-corrected chi connectivity index (χ2v) is 9.05. The van der Waals surface area contributed by atoms with E-state index in [1.54, 1.807) is 6.92 Å². The molecular weight excluding hydrogens is 400 g/mol. The Morgan fingerprint density at radius 2 is 1.84 bits per heavy atom. The molecule has 8 nitrogen and oxygen atoms in total. The van der Waals surface area contributed by atoms with Crippen LogP contribution in [0.25, 0.3) is 11.0 Å². The molecule has 0 saturated heterocycles. The fourth-order valence-corrected chi connectivity index (χ4v) is 3.99. The third-order valence-corrected chi connectivity index (χ3v) is 5.22. The molecule has 2 aliphatic heterocycles. The van der Waals surface area contributed by atoms with Crippen molar-refractivity contribution in [3.8, 4) is 0 Å². The molecule has 0 saturated carbocycles. The largest absolute Gasteiger partial charge is 0.477 e. The highest BCUT2D eigenvalue weighted by atomic mass is 16.6. The number of benzene rings is 1. The molecule has 0 spiro atoms. The number of esters is 1. The van der Waals surface area contributed by atoms with E-state index in [0.29, 0.717) is 5.58 Å². The number of hydrogen-bond acceptors (Lipinski definition) is 7. The van der Waals surface area contributed by atoms with Gasteiger partial charge in [-0.25, -0.2) is 9.59 Å². The third-order valence-electron chi connectivity index (χ3n) is 5.22. The van der Waals surface area contributed by atoms with Gasteiger partial charge in [-0.15, -0.1) is 0 Å². The molecule has 0 radical (unpaired) electrons. The summed E-state index contributed by atoms with van der Waals surface area (Å²) in [5.74, 6) is -1.59. The first-order valence-corrected chi connectivity index (χ1v) is 10.6. The average molecular weight is 431 g/mol. The molecule has 0 amide bonds. The summed E-state index contributed by atoms with van der Waals surface area (Å²) in [4.78, 5) is 36.1. The first-order valence-electron chi connectivity index (χ1n) is 10.6. The summed E-state index contributed by atoms with van der Waals surface area (Å²) in [6, 6.07) is 2.91. The zero-order valence-corrected chi connectivity index (χ0v) is 18.5. The maximum atomic E-state index is 11.8. The van der Waals surface area contributed by atoms with E-state index in [1.165, 1.54) is 17.3 Å². The Labute approximate surface area is 181 Å². The highest BCUT2D eigenvalue weighted by Crippen LogP contribution is 2.39. The van der Waals surface area contributed by atoms with Crippen LogP contribution in [-0.2, 0) is 22.4 Å². The lowest BCUT2D eigenvalue weighted by Crippen LogP contribution is -2.35. The van der Waals surface area contributed by atoms with Crippen LogP contribution in [0.3, 0.4) is 0 Å². The molecule has 2 aromatic rings. The van der Waals surface area contributed by atoms with Gasteiger partial charge in [0.15, 0.2) is 0 Å². The highest BCUT2D eigenvalue weighted by Gasteiger charge is 2.27. The van der Waals surface area contributed by atoms with Gasteiger partial charge in [-0.2, -0.15) is 0 Å². The number of rotatable bonds is 2. The van der Waals surface area contributed by atoms with E-state index in [1.807, 2.05) is 26.8 Å². The van der Waals surface area contributed by atoms with Gasteiger partial charge < -0.3 is 24.9 Å². The van der Waals surface area contributed by atoms with Crippen molar-refractivity contribution < 1.29 is 23.8 Å². The second-order valence-electron chi connectivity index (χ2n) is 9.05. The Morgan fingerprint density at radius 1 is 1.19 bits per heavy atom. The number of aryl methyl sites for hydroxylation is 2. The van der Waals surface area contributed by atoms with Crippen LogP contribution >= 0.6 is 0 Å². The van der Waals surface area contributed by atoms with E-state index in [2.05, 4.69) is 4.90 Å². The molecule has 4 rings (SSSR count). The van der Waals surface area contributed by atoms with Gasteiger partial charge in [0.2, 0.25) is 0 Å². The van der Waals surface area contributed by atoms with Gasteiger partial charge >= 0.3 is 17.6 Å². The fourth-order valence-electron chi connectivity index (χ4n) is 3.99. The number of carbonyl (C=O) groups is 2. The Kier molecular flexibility index (Phi) is 6.40. The van der Waals surface area contributed by atoms with Gasteiger partial charge in [-0.3, -0.25) is 4.79 Å². The van der Waals surface area contributed by atoms with E-state index in [4.69, 9.17) is 20.0 Å². The molecule has 3 heterocycles. The summed E-state index contributed by atoms with van der Waals surface area (Å²) >= 11 is 0. The maximum absolute atomic E-state index is 11.8. The Hall–Kier alpha value is -2.87. The number of nitrogens with zero attached hydrogens (tertiary/aromatic N) is 1. The van der Waals surface area contributed by atoms with Gasteiger partial charge in [0.25, 0.3) is 0 Å². The molecule has 0 fully saturated rings. The Balaban J connectivity index is 0.000000233. The van der Waals surface area contributed by atoms with E-state index >= 15 is 0 Å². The quantitative estimate of drug-likeness (QED) is 0.551. The standard InChI is InChI=1S/C16H15NO4.C7H15NO2/c18-15(19)12-8-10-7-9-3-1-5-17-6-2-4-11(13(9)17)14(10)21-16(12)20;1-5(8)6(9)10-7(2,3)4/h7-8H,1-6H2,(H,18,19);5H,8H2,1-4H3. The van der Waals surface area contributed by atoms with Gasteiger partial charge in [-0.05, 0) is 71.1 Å². The van der Waals surface area contributed by atoms with E-state index in [-0.39, 0.29) is 11.5 Å². The molecule has 1 aromatic heterocycles. The molecule has 2 aliphatic rings. The summed E-state index contributed by atoms with van der Waals surface area (Å²) in [7, 11) is 0. The van der Waals surface area contributed by atoms with Crippen molar-refractivity contribution in [3.05, 3.63) is 39.2 Å². The minimum absolute atomic E-state index is 0.293. The summed E-state index contributed by atoms with van der Waals surface area (Å²) < 4.78 is 10.3. The van der Waals surface area contributed by atoms with E-state index in [9.17, 15) is 14.4 Å². The number of hydrogen-bond donors (Lipinski definition) is 2. The van der Waals surface area contributed by atoms with Crippen LogP contribution in [0.1, 0.15) is 62.0 Å². The maximum Gasteiger partial charge on any atom is 0.351 e.